The lowest BCUT2D eigenvalue weighted by molar-refractivity contribution is -0.136. The zero-order chi connectivity index (χ0) is 43.0. The van der Waals surface area contributed by atoms with Crippen molar-refractivity contribution in [3.8, 4) is 22.6 Å². The number of nitrogens with zero attached hydrogens (tertiary/aromatic N) is 6. The van der Waals surface area contributed by atoms with Crippen molar-refractivity contribution in [3.63, 3.8) is 0 Å². The number of piperidine rings is 2. The van der Waals surface area contributed by atoms with Gasteiger partial charge in [-0.25, -0.2) is 4.98 Å². The highest BCUT2D eigenvalue weighted by atomic mass is 16.5. The summed E-state index contributed by atoms with van der Waals surface area (Å²) < 4.78 is 13.4. The van der Waals surface area contributed by atoms with Crippen LogP contribution < -0.4 is 25.2 Å². The maximum absolute atomic E-state index is 14.3. The quantitative estimate of drug-likeness (QED) is 0.246. The number of pyridine rings is 2. The van der Waals surface area contributed by atoms with E-state index in [1.54, 1.807) is 32.0 Å². The number of anilines is 1. The maximum atomic E-state index is 14.3. The summed E-state index contributed by atoms with van der Waals surface area (Å²) in [7, 11) is 4.86. The molecule has 2 aromatic carbocycles. The standard InChI is InChI=1S/C47H51N7O8/c1-50-26-35(31-21-39(52-13-4-14-52)48-22-34(31)43(50)57)28-19-37(61-2)41(38(20-28)62-3)46(60)53-15-11-47(12-16-53)9-7-27(8-10-47)23-51-24-29-17-32-33(18-30(29)25-51)45(59)54(44(32)58)36-5-6-40(55)49-42(36)56/h17-22,26-27,36H,4-16,23-25H2,1-3H3,(H,49,55,56). The Labute approximate surface area is 358 Å². The van der Waals surface area contributed by atoms with Gasteiger partial charge in [0, 0.05) is 82.6 Å². The van der Waals surface area contributed by atoms with E-state index in [2.05, 4.69) is 20.1 Å². The van der Waals surface area contributed by atoms with E-state index in [4.69, 9.17) is 9.47 Å². The summed E-state index contributed by atoms with van der Waals surface area (Å²) in [5, 5.41) is 3.56. The van der Waals surface area contributed by atoms with Crippen molar-refractivity contribution < 1.29 is 33.4 Å². The summed E-state index contributed by atoms with van der Waals surface area (Å²) in [5.41, 5.74) is 4.81. The van der Waals surface area contributed by atoms with Gasteiger partial charge in [0.1, 0.15) is 28.9 Å². The van der Waals surface area contributed by atoms with Crippen LogP contribution in [-0.2, 0) is 29.7 Å². The third-order valence-electron chi connectivity index (χ3n) is 14.6. The molecule has 322 valence electrons. The van der Waals surface area contributed by atoms with Crippen molar-refractivity contribution in [2.75, 3.05) is 51.8 Å². The minimum Gasteiger partial charge on any atom is -0.496 e. The highest BCUT2D eigenvalue weighted by Gasteiger charge is 2.46. The third-order valence-corrected chi connectivity index (χ3v) is 14.6. The number of carbonyl (C=O) groups excluding carboxylic acids is 5. The number of hydrogen-bond donors (Lipinski definition) is 1. The first kappa shape index (κ1) is 40.0. The largest absolute Gasteiger partial charge is 0.496 e. The smallest absolute Gasteiger partial charge is 0.262 e. The number of hydrogen-bond acceptors (Lipinski definition) is 11. The molecule has 10 rings (SSSR count). The van der Waals surface area contributed by atoms with Crippen LogP contribution in [0.1, 0.15) is 100.0 Å². The van der Waals surface area contributed by atoms with Gasteiger partial charge in [0.05, 0.1) is 30.7 Å². The van der Waals surface area contributed by atoms with Gasteiger partial charge in [-0.2, -0.15) is 0 Å². The molecule has 1 aliphatic carbocycles. The maximum Gasteiger partial charge on any atom is 0.262 e. The van der Waals surface area contributed by atoms with Gasteiger partial charge < -0.3 is 23.8 Å². The molecule has 15 nitrogen and oxygen atoms in total. The molecular weight excluding hydrogens is 791 g/mol. The number of likely N-dealkylation sites (tertiary alicyclic amines) is 1. The van der Waals surface area contributed by atoms with Crippen LogP contribution in [0, 0.1) is 11.3 Å². The van der Waals surface area contributed by atoms with E-state index in [1.807, 2.05) is 41.4 Å². The van der Waals surface area contributed by atoms with E-state index in [-0.39, 0.29) is 29.7 Å². The van der Waals surface area contributed by atoms with Crippen LogP contribution in [0.5, 0.6) is 11.5 Å². The Morgan fingerprint density at radius 2 is 1.45 bits per heavy atom. The van der Waals surface area contributed by atoms with E-state index in [0.717, 1.165) is 103 Å². The fourth-order valence-electron chi connectivity index (χ4n) is 10.8. The molecule has 5 aliphatic heterocycles. The molecule has 1 atom stereocenters. The molecule has 4 aromatic rings. The molecule has 2 aromatic heterocycles. The van der Waals surface area contributed by atoms with Crippen molar-refractivity contribution in [2.45, 2.75) is 76.9 Å². The summed E-state index contributed by atoms with van der Waals surface area (Å²) >= 11 is 0. The van der Waals surface area contributed by atoms with Crippen LogP contribution in [0.25, 0.3) is 21.9 Å². The molecular formula is C47H51N7O8. The fraction of sp³-hybridized carbons (Fsp3) is 0.468. The number of imide groups is 2. The molecule has 0 radical (unpaired) electrons. The number of aromatic nitrogens is 2. The van der Waals surface area contributed by atoms with Gasteiger partial charge in [-0.15, -0.1) is 0 Å². The molecule has 1 N–H and O–H groups in total. The second-order valence-electron chi connectivity index (χ2n) is 18.2. The summed E-state index contributed by atoms with van der Waals surface area (Å²) in [5.74, 6) is 0.163. The number of rotatable bonds is 8. The number of fused-ring (bicyclic) bond motifs is 3. The molecule has 7 heterocycles. The van der Waals surface area contributed by atoms with Crippen LogP contribution in [0.4, 0.5) is 5.82 Å². The normalized spacial score (nSPS) is 21.3. The van der Waals surface area contributed by atoms with Gasteiger partial charge in [-0.1, -0.05) is 0 Å². The Bertz CT molecular complexity index is 2560. The highest BCUT2D eigenvalue weighted by Crippen LogP contribution is 2.48. The van der Waals surface area contributed by atoms with Gasteiger partial charge in [-0.05, 0) is 110 Å². The Kier molecular flexibility index (Phi) is 9.92. The zero-order valence-corrected chi connectivity index (χ0v) is 35.5. The molecule has 0 bridgehead atoms. The number of aryl methyl sites for hydroxylation is 1. The number of nitrogens with one attached hydrogen (secondary N) is 1. The first-order chi connectivity index (χ1) is 29.9. The topological polar surface area (TPSA) is 164 Å². The average Bonchev–Trinajstić information content (AvgIpc) is 3.76. The van der Waals surface area contributed by atoms with Gasteiger partial charge in [0.25, 0.3) is 23.3 Å². The summed E-state index contributed by atoms with van der Waals surface area (Å²) in [4.78, 5) is 90.6. The molecule has 5 amide bonds. The summed E-state index contributed by atoms with van der Waals surface area (Å²) in [6.45, 7) is 5.51. The average molecular weight is 842 g/mol. The van der Waals surface area contributed by atoms with Crippen molar-refractivity contribution >= 4 is 46.1 Å². The van der Waals surface area contributed by atoms with Crippen LogP contribution in [-0.4, -0.2) is 107 Å². The third kappa shape index (κ3) is 6.72. The minimum absolute atomic E-state index is 0.0925. The number of amides is 5. The highest BCUT2D eigenvalue weighted by molar-refractivity contribution is 6.23. The van der Waals surface area contributed by atoms with Crippen molar-refractivity contribution in [2.24, 2.45) is 18.4 Å². The molecule has 1 saturated carbocycles. The molecule has 6 aliphatic rings. The summed E-state index contributed by atoms with van der Waals surface area (Å²) in [6, 6.07) is 8.41. The molecule has 1 unspecified atom stereocenters. The number of benzene rings is 2. The predicted molar refractivity (Wildman–Crippen MR) is 229 cm³/mol. The van der Waals surface area contributed by atoms with Gasteiger partial charge in [0.2, 0.25) is 11.8 Å². The lowest BCUT2D eigenvalue weighted by Crippen LogP contribution is -2.54. The van der Waals surface area contributed by atoms with Crippen molar-refractivity contribution in [3.05, 3.63) is 80.9 Å². The second-order valence-corrected chi connectivity index (χ2v) is 18.2. The molecule has 3 saturated heterocycles. The predicted octanol–water partition coefficient (Wildman–Crippen LogP) is 4.66. The molecule has 1 spiro atoms. The molecule has 4 fully saturated rings. The Morgan fingerprint density at radius 3 is 2.03 bits per heavy atom. The first-order valence-corrected chi connectivity index (χ1v) is 21.8. The lowest BCUT2D eigenvalue weighted by Gasteiger charge is -2.46. The Hall–Kier alpha value is -6.09. The number of ether oxygens (including phenoxy) is 2. The molecule has 62 heavy (non-hydrogen) atoms. The van der Waals surface area contributed by atoms with Crippen molar-refractivity contribution in [1.82, 2.24) is 29.6 Å². The zero-order valence-electron chi connectivity index (χ0n) is 35.5. The van der Waals surface area contributed by atoms with Gasteiger partial charge in [0.15, 0.2) is 0 Å². The van der Waals surface area contributed by atoms with E-state index < -0.39 is 29.7 Å². The lowest BCUT2D eigenvalue weighted by atomic mass is 9.65. The van der Waals surface area contributed by atoms with Crippen LogP contribution in [0.3, 0.4) is 0 Å². The van der Waals surface area contributed by atoms with E-state index in [1.165, 1.54) is 0 Å². The number of methoxy groups -OCH3 is 2. The number of carbonyl (C=O) groups is 5. The minimum atomic E-state index is -0.970. The Morgan fingerprint density at radius 1 is 0.806 bits per heavy atom. The first-order valence-electron chi connectivity index (χ1n) is 21.8. The van der Waals surface area contributed by atoms with Crippen molar-refractivity contribution in [1.29, 1.82) is 0 Å². The molecule has 15 heteroatoms. The van der Waals surface area contributed by atoms with Gasteiger partial charge >= 0.3 is 0 Å². The van der Waals surface area contributed by atoms with E-state index in [9.17, 15) is 28.8 Å². The monoisotopic (exact) mass is 841 g/mol. The van der Waals surface area contributed by atoms with E-state index in [0.29, 0.717) is 65.7 Å². The van der Waals surface area contributed by atoms with Crippen LogP contribution >= 0.6 is 0 Å². The fourth-order valence-corrected chi connectivity index (χ4v) is 10.8. The van der Waals surface area contributed by atoms with Gasteiger partial charge in [-0.3, -0.25) is 43.9 Å². The van der Waals surface area contributed by atoms with Crippen LogP contribution in [0.15, 0.2) is 47.5 Å². The Balaban J connectivity index is 0.774. The second kappa shape index (κ2) is 15.4. The van der Waals surface area contributed by atoms with Crippen LogP contribution in [0.2, 0.25) is 0 Å². The SMILES string of the molecule is COc1cc(-c2cn(C)c(=O)c3cnc(N4CCC4)cc23)cc(OC)c1C(=O)N1CCC2(CCC(CN3Cc4cc5c(cc4C3)C(=O)N(C3CCC(=O)NC3=O)C5=O)CC2)CC1. The van der Waals surface area contributed by atoms with E-state index >= 15 is 0 Å². The summed E-state index contributed by atoms with van der Waals surface area (Å²) in [6.07, 6.45) is 11.1.